The van der Waals surface area contributed by atoms with Gasteiger partial charge in [-0.15, -0.1) is 0 Å². The molecule has 0 bridgehead atoms. The molecular weight excluding hydrogens is 164 g/mol. The maximum absolute atomic E-state index is 9.45. The van der Waals surface area contributed by atoms with Gasteiger partial charge in [-0.3, -0.25) is 0 Å². The minimum Gasteiger partial charge on any atom is -0.393 e. The fourth-order valence-electron chi connectivity index (χ4n) is 0.959. The maximum atomic E-state index is 9.45. The Bertz CT molecular complexity index is 111. The van der Waals surface area contributed by atoms with E-state index in [2.05, 4.69) is 13.8 Å². The van der Waals surface area contributed by atoms with Gasteiger partial charge >= 0.3 is 0 Å². The summed E-state index contributed by atoms with van der Waals surface area (Å²) < 4.78 is 5.41. The Balaban J connectivity index is 3.16. The molecule has 0 saturated heterocycles. The standard InChI is InChI=1S/C11H24O2/c1-9(2)5-7-13-8-6-11(12)10(3)4/h9-12H,5-8H2,1-4H3/t11-/m0/s1. The molecule has 0 aromatic carbocycles. The summed E-state index contributed by atoms with van der Waals surface area (Å²) >= 11 is 0. The van der Waals surface area contributed by atoms with E-state index in [0.29, 0.717) is 18.4 Å². The molecule has 0 aliphatic rings. The summed E-state index contributed by atoms with van der Waals surface area (Å²) in [4.78, 5) is 0. The highest BCUT2D eigenvalue weighted by Gasteiger charge is 2.07. The topological polar surface area (TPSA) is 29.5 Å². The Kier molecular flexibility index (Phi) is 7.29. The van der Waals surface area contributed by atoms with Crippen LogP contribution in [-0.4, -0.2) is 24.4 Å². The van der Waals surface area contributed by atoms with E-state index in [9.17, 15) is 5.11 Å². The average Bonchev–Trinajstić information content (AvgIpc) is 2.02. The van der Waals surface area contributed by atoms with Gasteiger partial charge in [0.2, 0.25) is 0 Å². The zero-order valence-electron chi connectivity index (χ0n) is 9.42. The van der Waals surface area contributed by atoms with Crippen molar-refractivity contribution in [3.63, 3.8) is 0 Å². The third-order valence-electron chi connectivity index (χ3n) is 2.17. The van der Waals surface area contributed by atoms with Crippen LogP contribution in [0.15, 0.2) is 0 Å². The zero-order chi connectivity index (χ0) is 10.3. The second-order valence-corrected chi connectivity index (χ2v) is 4.39. The lowest BCUT2D eigenvalue weighted by Crippen LogP contribution is -2.17. The Morgan fingerprint density at radius 3 is 2.00 bits per heavy atom. The Morgan fingerprint density at radius 1 is 1.00 bits per heavy atom. The number of hydrogen-bond donors (Lipinski definition) is 1. The average molecular weight is 188 g/mol. The second kappa shape index (κ2) is 7.34. The van der Waals surface area contributed by atoms with Crippen LogP contribution in [-0.2, 0) is 4.74 Å². The summed E-state index contributed by atoms with van der Waals surface area (Å²) in [6.07, 6.45) is 1.66. The molecule has 0 radical (unpaired) electrons. The van der Waals surface area contributed by atoms with Crippen molar-refractivity contribution in [2.45, 2.75) is 46.6 Å². The van der Waals surface area contributed by atoms with E-state index in [0.717, 1.165) is 19.4 Å². The molecule has 0 aromatic heterocycles. The Morgan fingerprint density at radius 2 is 1.54 bits per heavy atom. The molecule has 0 amide bonds. The van der Waals surface area contributed by atoms with E-state index in [1.54, 1.807) is 0 Å². The molecule has 13 heavy (non-hydrogen) atoms. The molecule has 1 N–H and O–H groups in total. The van der Waals surface area contributed by atoms with E-state index in [1.165, 1.54) is 0 Å². The van der Waals surface area contributed by atoms with Crippen molar-refractivity contribution in [3.05, 3.63) is 0 Å². The molecule has 0 rings (SSSR count). The van der Waals surface area contributed by atoms with Gasteiger partial charge < -0.3 is 9.84 Å². The SMILES string of the molecule is CC(C)CCOCC[C@H](O)C(C)C. The van der Waals surface area contributed by atoms with Crippen molar-refractivity contribution in [1.82, 2.24) is 0 Å². The molecule has 2 heteroatoms. The number of ether oxygens (including phenoxy) is 1. The highest BCUT2D eigenvalue weighted by Crippen LogP contribution is 2.06. The monoisotopic (exact) mass is 188 g/mol. The lowest BCUT2D eigenvalue weighted by molar-refractivity contribution is 0.0564. The van der Waals surface area contributed by atoms with Gasteiger partial charge in [0, 0.05) is 13.2 Å². The molecule has 0 saturated carbocycles. The highest BCUT2D eigenvalue weighted by atomic mass is 16.5. The molecule has 2 nitrogen and oxygen atoms in total. The van der Waals surface area contributed by atoms with Crippen LogP contribution in [0.2, 0.25) is 0 Å². The maximum Gasteiger partial charge on any atom is 0.0585 e. The van der Waals surface area contributed by atoms with Gasteiger partial charge in [0.15, 0.2) is 0 Å². The number of aliphatic hydroxyl groups excluding tert-OH is 1. The molecule has 0 unspecified atom stereocenters. The fraction of sp³-hybridized carbons (Fsp3) is 1.00. The number of rotatable bonds is 7. The van der Waals surface area contributed by atoms with Gasteiger partial charge in [0.25, 0.3) is 0 Å². The first-order valence-corrected chi connectivity index (χ1v) is 5.29. The van der Waals surface area contributed by atoms with Crippen molar-refractivity contribution in [2.75, 3.05) is 13.2 Å². The first-order valence-electron chi connectivity index (χ1n) is 5.29. The summed E-state index contributed by atoms with van der Waals surface area (Å²) in [7, 11) is 0. The summed E-state index contributed by atoms with van der Waals surface area (Å²) in [5.41, 5.74) is 0. The molecule has 0 heterocycles. The van der Waals surface area contributed by atoms with Crippen LogP contribution in [0, 0.1) is 11.8 Å². The minimum absolute atomic E-state index is 0.209. The van der Waals surface area contributed by atoms with Crippen molar-refractivity contribution in [2.24, 2.45) is 11.8 Å². The van der Waals surface area contributed by atoms with Crippen LogP contribution in [0.4, 0.5) is 0 Å². The minimum atomic E-state index is -0.209. The van der Waals surface area contributed by atoms with E-state index in [1.807, 2.05) is 13.8 Å². The molecular formula is C11H24O2. The lowest BCUT2D eigenvalue weighted by atomic mass is 10.1. The predicted octanol–water partition coefficient (Wildman–Crippen LogP) is 2.46. The van der Waals surface area contributed by atoms with Crippen LogP contribution >= 0.6 is 0 Å². The quantitative estimate of drug-likeness (QED) is 0.622. The molecule has 0 aliphatic carbocycles. The van der Waals surface area contributed by atoms with E-state index in [-0.39, 0.29) is 6.10 Å². The fourth-order valence-corrected chi connectivity index (χ4v) is 0.959. The molecule has 0 spiro atoms. The van der Waals surface area contributed by atoms with Gasteiger partial charge in [0.05, 0.1) is 6.10 Å². The smallest absolute Gasteiger partial charge is 0.0585 e. The van der Waals surface area contributed by atoms with Crippen LogP contribution < -0.4 is 0 Å². The molecule has 1 atom stereocenters. The van der Waals surface area contributed by atoms with Gasteiger partial charge in [-0.25, -0.2) is 0 Å². The van der Waals surface area contributed by atoms with E-state index >= 15 is 0 Å². The molecule has 80 valence electrons. The number of hydrogen-bond acceptors (Lipinski definition) is 2. The first-order chi connectivity index (χ1) is 6.04. The summed E-state index contributed by atoms with van der Waals surface area (Å²) in [6, 6.07) is 0. The highest BCUT2D eigenvalue weighted by molar-refractivity contribution is 4.58. The zero-order valence-corrected chi connectivity index (χ0v) is 9.42. The number of aliphatic hydroxyl groups is 1. The third kappa shape index (κ3) is 8.26. The summed E-state index contributed by atoms with van der Waals surface area (Å²) in [5, 5.41) is 9.45. The van der Waals surface area contributed by atoms with Crippen LogP contribution in [0.3, 0.4) is 0 Å². The van der Waals surface area contributed by atoms with Gasteiger partial charge in [0.1, 0.15) is 0 Å². The van der Waals surface area contributed by atoms with Gasteiger partial charge in [-0.2, -0.15) is 0 Å². The summed E-state index contributed by atoms with van der Waals surface area (Å²) in [5.74, 6) is 1.05. The predicted molar refractivity (Wildman–Crippen MR) is 55.7 cm³/mol. The summed E-state index contributed by atoms with van der Waals surface area (Å²) in [6.45, 7) is 9.94. The van der Waals surface area contributed by atoms with Crippen molar-refractivity contribution < 1.29 is 9.84 Å². The van der Waals surface area contributed by atoms with Crippen LogP contribution in [0.5, 0.6) is 0 Å². The van der Waals surface area contributed by atoms with Crippen LogP contribution in [0.1, 0.15) is 40.5 Å². The lowest BCUT2D eigenvalue weighted by Gasteiger charge is -2.14. The van der Waals surface area contributed by atoms with E-state index < -0.39 is 0 Å². The van der Waals surface area contributed by atoms with Crippen molar-refractivity contribution in [1.29, 1.82) is 0 Å². The first kappa shape index (κ1) is 12.9. The van der Waals surface area contributed by atoms with E-state index in [4.69, 9.17) is 4.74 Å². The van der Waals surface area contributed by atoms with Gasteiger partial charge in [-0.1, -0.05) is 27.7 Å². The second-order valence-electron chi connectivity index (χ2n) is 4.39. The molecule has 0 fully saturated rings. The third-order valence-corrected chi connectivity index (χ3v) is 2.17. The normalized spacial score (nSPS) is 14.1. The van der Waals surface area contributed by atoms with Crippen LogP contribution in [0.25, 0.3) is 0 Å². The van der Waals surface area contributed by atoms with Crippen molar-refractivity contribution >= 4 is 0 Å². The van der Waals surface area contributed by atoms with Crippen molar-refractivity contribution in [3.8, 4) is 0 Å². The van der Waals surface area contributed by atoms with Gasteiger partial charge in [-0.05, 0) is 24.7 Å². The largest absolute Gasteiger partial charge is 0.393 e. The molecule has 0 aromatic rings. The Hall–Kier alpha value is -0.0800. The Labute approximate surface area is 82.3 Å². The molecule has 0 aliphatic heterocycles.